The molecular weight excluding hydrogens is 340 g/mol. The average Bonchev–Trinajstić information content (AvgIpc) is 2.81. The van der Waals surface area contributed by atoms with Crippen LogP contribution >= 0.6 is 15.9 Å². The number of carboxylic acid groups (broad SMARTS) is 1. The molecule has 21 heavy (non-hydrogen) atoms. The lowest BCUT2D eigenvalue weighted by Gasteiger charge is -2.14. The van der Waals surface area contributed by atoms with Crippen LogP contribution in [0.2, 0.25) is 0 Å². The fourth-order valence-corrected chi connectivity index (χ4v) is 2.65. The normalized spacial score (nSPS) is 17.9. The number of halogens is 1. The largest absolute Gasteiger partial charge is 0.478 e. The summed E-state index contributed by atoms with van der Waals surface area (Å²) in [5.41, 5.74) is 0.243. The van der Waals surface area contributed by atoms with Crippen LogP contribution in [-0.4, -0.2) is 40.9 Å². The van der Waals surface area contributed by atoms with Crippen LogP contribution in [0.15, 0.2) is 22.7 Å². The van der Waals surface area contributed by atoms with E-state index in [1.54, 1.807) is 11.0 Å². The van der Waals surface area contributed by atoms with Crippen molar-refractivity contribution >= 4 is 39.4 Å². The topological polar surface area (TPSA) is 86.7 Å². The number of nitrogens with one attached hydrogen (secondary N) is 1. The number of carbonyl (C=O) groups is 3. The molecule has 0 aliphatic carbocycles. The first kappa shape index (κ1) is 15.5. The number of nitrogens with zero attached hydrogens (tertiary/aromatic N) is 1. The molecular formula is C14H15BrN2O4. The SMILES string of the molecule is CCN1CC(C(=O)Nc2ccc(Br)cc2C(=O)O)CC1=O. The number of carbonyl (C=O) groups excluding carboxylic acids is 2. The van der Waals surface area contributed by atoms with Gasteiger partial charge in [0.15, 0.2) is 0 Å². The molecule has 0 aromatic heterocycles. The summed E-state index contributed by atoms with van der Waals surface area (Å²) < 4.78 is 0.617. The molecule has 1 aliphatic rings. The summed E-state index contributed by atoms with van der Waals surface area (Å²) in [4.78, 5) is 36.6. The monoisotopic (exact) mass is 354 g/mol. The van der Waals surface area contributed by atoms with Crippen LogP contribution in [0.5, 0.6) is 0 Å². The molecule has 2 rings (SSSR count). The van der Waals surface area contributed by atoms with Gasteiger partial charge in [0, 0.05) is 24.0 Å². The first-order valence-electron chi connectivity index (χ1n) is 6.53. The Kier molecular flexibility index (Phi) is 4.62. The van der Waals surface area contributed by atoms with Gasteiger partial charge in [0.2, 0.25) is 11.8 Å². The summed E-state index contributed by atoms with van der Waals surface area (Å²) in [5, 5.41) is 11.8. The highest BCUT2D eigenvalue weighted by Crippen LogP contribution is 2.24. The first-order valence-corrected chi connectivity index (χ1v) is 7.33. The molecule has 6 nitrogen and oxygen atoms in total. The fourth-order valence-electron chi connectivity index (χ4n) is 2.29. The number of hydrogen-bond donors (Lipinski definition) is 2. The third-order valence-corrected chi connectivity index (χ3v) is 3.93. The molecule has 1 atom stereocenters. The molecule has 0 radical (unpaired) electrons. The highest BCUT2D eigenvalue weighted by atomic mass is 79.9. The summed E-state index contributed by atoms with van der Waals surface area (Å²) in [6, 6.07) is 4.61. The van der Waals surface area contributed by atoms with Crippen LogP contribution in [0.4, 0.5) is 5.69 Å². The van der Waals surface area contributed by atoms with Gasteiger partial charge in [0.25, 0.3) is 0 Å². The van der Waals surface area contributed by atoms with Crippen LogP contribution in [-0.2, 0) is 9.59 Å². The van der Waals surface area contributed by atoms with Crippen LogP contribution in [0.3, 0.4) is 0 Å². The van der Waals surface area contributed by atoms with Gasteiger partial charge in [-0.25, -0.2) is 4.79 Å². The van der Waals surface area contributed by atoms with Crippen molar-refractivity contribution in [3.8, 4) is 0 Å². The Morgan fingerprint density at radius 3 is 2.76 bits per heavy atom. The standard InChI is InChI=1S/C14H15BrN2O4/c1-2-17-7-8(5-12(17)18)13(19)16-11-4-3-9(15)6-10(11)14(20)21/h3-4,6,8H,2,5,7H2,1H3,(H,16,19)(H,20,21). The molecule has 2 N–H and O–H groups in total. The lowest BCUT2D eigenvalue weighted by molar-refractivity contribution is -0.128. The van der Waals surface area contributed by atoms with E-state index in [1.807, 2.05) is 6.92 Å². The molecule has 1 aliphatic heterocycles. The molecule has 1 aromatic rings. The van der Waals surface area contributed by atoms with E-state index in [-0.39, 0.29) is 29.5 Å². The number of carboxylic acids is 1. The second-order valence-electron chi connectivity index (χ2n) is 4.82. The van der Waals surface area contributed by atoms with Gasteiger partial charge in [-0.2, -0.15) is 0 Å². The second-order valence-corrected chi connectivity index (χ2v) is 5.73. The predicted molar refractivity (Wildman–Crippen MR) is 80.1 cm³/mol. The molecule has 1 saturated heterocycles. The van der Waals surface area contributed by atoms with Gasteiger partial charge in [-0.1, -0.05) is 15.9 Å². The van der Waals surface area contributed by atoms with Crippen molar-refractivity contribution in [3.05, 3.63) is 28.2 Å². The Bertz CT molecular complexity index is 603. The van der Waals surface area contributed by atoms with E-state index >= 15 is 0 Å². The molecule has 1 aromatic carbocycles. The van der Waals surface area contributed by atoms with Gasteiger partial charge in [-0.15, -0.1) is 0 Å². The molecule has 0 bridgehead atoms. The van der Waals surface area contributed by atoms with Crippen LogP contribution in [0.1, 0.15) is 23.7 Å². The molecule has 7 heteroatoms. The van der Waals surface area contributed by atoms with E-state index < -0.39 is 11.9 Å². The number of anilines is 1. The van der Waals surface area contributed by atoms with Gasteiger partial charge in [-0.05, 0) is 25.1 Å². The summed E-state index contributed by atoms with van der Waals surface area (Å²) in [5.74, 6) is -1.94. The number of likely N-dealkylation sites (tertiary alicyclic amines) is 1. The van der Waals surface area contributed by atoms with Crippen LogP contribution < -0.4 is 5.32 Å². The Balaban J connectivity index is 2.14. The van der Waals surface area contributed by atoms with Gasteiger partial charge in [0.05, 0.1) is 17.2 Å². The average molecular weight is 355 g/mol. The Morgan fingerprint density at radius 2 is 2.19 bits per heavy atom. The maximum Gasteiger partial charge on any atom is 0.337 e. The number of amides is 2. The maximum absolute atomic E-state index is 12.2. The van der Waals surface area contributed by atoms with Crippen molar-refractivity contribution in [1.29, 1.82) is 0 Å². The molecule has 2 amide bonds. The minimum Gasteiger partial charge on any atom is -0.478 e. The number of rotatable bonds is 4. The highest BCUT2D eigenvalue weighted by Gasteiger charge is 2.33. The van der Waals surface area contributed by atoms with Crippen molar-refractivity contribution in [2.45, 2.75) is 13.3 Å². The van der Waals surface area contributed by atoms with Gasteiger partial charge >= 0.3 is 5.97 Å². The summed E-state index contributed by atoms with van der Waals surface area (Å²) in [6.45, 7) is 2.80. The smallest absolute Gasteiger partial charge is 0.337 e. The van der Waals surface area contributed by atoms with Crippen LogP contribution in [0.25, 0.3) is 0 Å². The Morgan fingerprint density at radius 1 is 1.48 bits per heavy atom. The summed E-state index contributed by atoms with van der Waals surface area (Å²) in [6.07, 6.45) is 0.165. The molecule has 112 valence electrons. The van der Waals surface area contributed by atoms with E-state index in [1.165, 1.54) is 12.1 Å². The zero-order chi connectivity index (χ0) is 15.6. The quantitative estimate of drug-likeness (QED) is 0.865. The first-order chi connectivity index (χ1) is 9.92. The number of aromatic carboxylic acids is 1. The van der Waals surface area contributed by atoms with E-state index in [0.717, 1.165) is 0 Å². The van der Waals surface area contributed by atoms with E-state index in [0.29, 0.717) is 17.6 Å². The van der Waals surface area contributed by atoms with Crippen molar-refractivity contribution in [3.63, 3.8) is 0 Å². The maximum atomic E-state index is 12.2. The molecule has 1 heterocycles. The number of hydrogen-bond acceptors (Lipinski definition) is 3. The van der Waals surface area contributed by atoms with Crippen molar-refractivity contribution in [1.82, 2.24) is 4.90 Å². The van der Waals surface area contributed by atoms with Gasteiger partial charge in [-0.3, -0.25) is 9.59 Å². The lowest BCUT2D eigenvalue weighted by atomic mass is 10.1. The zero-order valence-electron chi connectivity index (χ0n) is 11.4. The van der Waals surface area contributed by atoms with Crippen LogP contribution in [0, 0.1) is 5.92 Å². The third kappa shape index (κ3) is 3.41. The summed E-state index contributed by atoms with van der Waals surface area (Å²) >= 11 is 3.19. The molecule has 0 saturated carbocycles. The Hall–Kier alpha value is -1.89. The van der Waals surface area contributed by atoms with E-state index in [4.69, 9.17) is 5.11 Å². The van der Waals surface area contributed by atoms with E-state index in [9.17, 15) is 14.4 Å². The van der Waals surface area contributed by atoms with Gasteiger partial charge in [0.1, 0.15) is 0 Å². The second kappa shape index (κ2) is 6.26. The van der Waals surface area contributed by atoms with Gasteiger partial charge < -0.3 is 15.3 Å². The van der Waals surface area contributed by atoms with Crippen molar-refractivity contribution in [2.24, 2.45) is 5.92 Å². The zero-order valence-corrected chi connectivity index (χ0v) is 13.0. The van der Waals surface area contributed by atoms with E-state index in [2.05, 4.69) is 21.2 Å². The molecule has 1 fully saturated rings. The molecule has 0 spiro atoms. The Labute approximate surface area is 130 Å². The minimum absolute atomic E-state index is 0.00870. The van der Waals surface area contributed by atoms with Crippen molar-refractivity contribution < 1.29 is 19.5 Å². The molecule has 1 unspecified atom stereocenters. The van der Waals surface area contributed by atoms with Crippen molar-refractivity contribution in [2.75, 3.05) is 18.4 Å². The minimum atomic E-state index is -1.12. The lowest BCUT2D eigenvalue weighted by Crippen LogP contribution is -2.28. The fraction of sp³-hybridized carbons (Fsp3) is 0.357. The third-order valence-electron chi connectivity index (χ3n) is 3.44. The predicted octanol–water partition coefficient (Wildman–Crippen LogP) is 1.95. The number of benzene rings is 1. The highest BCUT2D eigenvalue weighted by molar-refractivity contribution is 9.10. The summed E-state index contributed by atoms with van der Waals surface area (Å²) in [7, 11) is 0.